The molecule has 0 spiro atoms. The number of ketones is 1. The summed E-state index contributed by atoms with van der Waals surface area (Å²) in [6.45, 7) is 1.92. The SMILES string of the molecule is CCC1=CC(O)CC1=O.[Y]. The molecule has 0 amide bonds. The van der Waals surface area contributed by atoms with Crippen molar-refractivity contribution in [2.45, 2.75) is 25.9 Å². The van der Waals surface area contributed by atoms with Crippen molar-refractivity contribution in [1.82, 2.24) is 0 Å². The van der Waals surface area contributed by atoms with E-state index in [1.807, 2.05) is 6.92 Å². The summed E-state index contributed by atoms with van der Waals surface area (Å²) in [5, 5.41) is 8.90. The van der Waals surface area contributed by atoms with E-state index in [1.165, 1.54) is 0 Å². The number of allylic oxidation sites excluding steroid dienone is 1. The number of carbonyl (C=O) groups is 1. The fraction of sp³-hybridized carbons (Fsp3) is 0.571. The van der Waals surface area contributed by atoms with Gasteiger partial charge in [0.15, 0.2) is 5.78 Å². The standard InChI is InChI=1S/C7H10O2.Y/c1-2-5-3-6(8)4-7(5)9;/h3,6,8H,2,4H2,1H3;. The van der Waals surface area contributed by atoms with Crippen LogP contribution in [0.25, 0.3) is 0 Å². The first-order valence-electron chi connectivity index (χ1n) is 3.16. The van der Waals surface area contributed by atoms with Gasteiger partial charge in [0, 0.05) is 39.1 Å². The molecule has 1 aliphatic rings. The second-order valence-electron chi connectivity index (χ2n) is 2.24. The number of hydrogen-bond donors (Lipinski definition) is 1. The molecule has 3 heteroatoms. The molecule has 0 aliphatic heterocycles. The predicted molar refractivity (Wildman–Crippen MR) is 34.0 cm³/mol. The zero-order valence-electron chi connectivity index (χ0n) is 6.00. The molecule has 1 radical (unpaired) electrons. The predicted octanol–water partition coefficient (Wildman–Crippen LogP) is 0.654. The summed E-state index contributed by atoms with van der Waals surface area (Å²) in [7, 11) is 0. The average Bonchev–Trinajstić information content (AvgIpc) is 2.10. The number of rotatable bonds is 1. The van der Waals surface area contributed by atoms with E-state index in [9.17, 15) is 4.79 Å². The second-order valence-corrected chi connectivity index (χ2v) is 2.24. The maximum Gasteiger partial charge on any atom is 0.161 e. The Morgan fingerprint density at radius 2 is 2.40 bits per heavy atom. The third-order valence-corrected chi connectivity index (χ3v) is 1.53. The zero-order valence-corrected chi connectivity index (χ0v) is 8.84. The third-order valence-electron chi connectivity index (χ3n) is 1.53. The largest absolute Gasteiger partial charge is 0.389 e. The van der Waals surface area contributed by atoms with E-state index in [1.54, 1.807) is 6.08 Å². The van der Waals surface area contributed by atoms with Crippen LogP contribution < -0.4 is 0 Å². The summed E-state index contributed by atoms with van der Waals surface area (Å²) >= 11 is 0. The van der Waals surface area contributed by atoms with Gasteiger partial charge in [0.25, 0.3) is 0 Å². The Balaban J connectivity index is 0.000000810. The maximum absolute atomic E-state index is 10.8. The van der Waals surface area contributed by atoms with Crippen LogP contribution in [0.2, 0.25) is 0 Å². The van der Waals surface area contributed by atoms with Crippen LogP contribution in [0.1, 0.15) is 19.8 Å². The van der Waals surface area contributed by atoms with Crippen LogP contribution in [0.4, 0.5) is 0 Å². The van der Waals surface area contributed by atoms with Gasteiger partial charge in [0.2, 0.25) is 0 Å². The van der Waals surface area contributed by atoms with E-state index < -0.39 is 6.10 Å². The number of carbonyl (C=O) groups excluding carboxylic acids is 1. The molecule has 10 heavy (non-hydrogen) atoms. The minimum atomic E-state index is -0.507. The van der Waals surface area contributed by atoms with E-state index in [4.69, 9.17) is 5.11 Å². The first-order chi connectivity index (χ1) is 4.24. The molecule has 1 rings (SSSR count). The molecule has 0 aromatic carbocycles. The summed E-state index contributed by atoms with van der Waals surface area (Å²) in [5.74, 6) is 0.102. The van der Waals surface area contributed by atoms with Gasteiger partial charge in [-0.05, 0) is 18.1 Å². The Bertz CT molecular complexity index is 163. The Kier molecular flexibility index (Phi) is 4.58. The van der Waals surface area contributed by atoms with Crippen molar-refractivity contribution in [1.29, 1.82) is 0 Å². The van der Waals surface area contributed by atoms with Gasteiger partial charge in [-0.15, -0.1) is 0 Å². The Morgan fingerprint density at radius 1 is 1.80 bits per heavy atom. The van der Waals surface area contributed by atoms with Crippen LogP contribution in [0, 0.1) is 0 Å². The van der Waals surface area contributed by atoms with Crippen LogP contribution in [-0.4, -0.2) is 17.0 Å². The molecule has 53 valence electrons. The summed E-state index contributed by atoms with van der Waals surface area (Å²) in [6, 6.07) is 0. The molecule has 1 aliphatic carbocycles. The van der Waals surface area contributed by atoms with Crippen LogP contribution in [0.15, 0.2) is 11.6 Å². The molecule has 0 saturated heterocycles. The number of Topliss-reactive ketones (excluding diaryl/α,β-unsaturated/α-hetero) is 1. The minimum absolute atomic E-state index is 0. The van der Waals surface area contributed by atoms with E-state index in [2.05, 4.69) is 0 Å². The van der Waals surface area contributed by atoms with E-state index in [0.717, 1.165) is 12.0 Å². The van der Waals surface area contributed by atoms with Crippen molar-refractivity contribution >= 4 is 5.78 Å². The van der Waals surface area contributed by atoms with Crippen molar-refractivity contribution < 1.29 is 42.6 Å². The van der Waals surface area contributed by atoms with Crippen molar-refractivity contribution in [2.75, 3.05) is 0 Å². The molecule has 1 unspecified atom stereocenters. The molecule has 0 aromatic rings. The van der Waals surface area contributed by atoms with Gasteiger partial charge in [-0.25, -0.2) is 0 Å². The van der Waals surface area contributed by atoms with Gasteiger partial charge in [0.1, 0.15) is 0 Å². The number of aliphatic hydroxyl groups excluding tert-OH is 1. The van der Waals surface area contributed by atoms with Crippen LogP contribution in [0.3, 0.4) is 0 Å². The van der Waals surface area contributed by atoms with E-state index >= 15 is 0 Å². The van der Waals surface area contributed by atoms with Gasteiger partial charge in [-0.1, -0.05) is 6.92 Å². The van der Waals surface area contributed by atoms with Gasteiger partial charge in [0.05, 0.1) is 6.10 Å². The third kappa shape index (κ3) is 2.26. The smallest absolute Gasteiger partial charge is 0.161 e. The molecule has 0 aromatic heterocycles. The molecular weight excluding hydrogens is 205 g/mol. The van der Waals surface area contributed by atoms with Gasteiger partial charge >= 0.3 is 0 Å². The fourth-order valence-electron chi connectivity index (χ4n) is 1.02. The summed E-state index contributed by atoms with van der Waals surface area (Å²) in [6.07, 6.45) is 2.17. The number of hydrogen-bond acceptors (Lipinski definition) is 2. The molecule has 0 saturated carbocycles. The van der Waals surface area contributed by atoms with E-state index in [-0.39, 0.29) is 38.5 Å². The molecule has 0 heterocycles. The summed E-state index contributed by atoms with van der Waals surface area (Å²) in [4.78, 5) is 10.8. The van der Waals surface area contributed by atoms with Gasteiger partial charge < -0.3 is 5.11 Å². The first-order valence-corrected chi connectivity index (χ1v) is 3.16. The normalized spacial score (nSPS) is 24.0. The zero-order chi connectivity index (χ0) is 6.85. The maximum atomic E-state index is 10.8. The Labute approximate surface area is 85.6 Å². The van der Waals surface area contributed by atoms with Gasteiger partial charge in [-0.3, -0.25) is 4.79 Å². The van der Waals surface area contributed by atoms with Crippen molar-refractivity contribution in [3.05, 3.63) is 11.6 Å². The van der Waals surface area contributed by atoms with Crippen LogP contribution in [0.5, 0.6) is 0 Å². The molecule has 2 nitrogen and oxygen atoms in total. The van der Waals surface area contributed by atoms with Crippen molar-refractivity contribution in [2.24, 2.45) is 0 Å². The molecule has 0 fully saturated rings. The fourth-order valence-corrected chi connectivity index (χ4v) is 1.02. The number of aliphatic hydroxyl groups is 1. The molecule has 1 N–H and O–H groups in total. The monoisotopic (exact) mass is 215 g/mol. The average molecular weight is 215 g/mol. The molecular formula is C7H10O2Y. The van der Waals surface area contributed by atoms with Crippen molar-refractivity contribution in [3.8, 4) is 0 Å². The van der Waals surface area contributed by atoms with Crippen LogP contribution >= 0.6 is 0 Å². The van der Waals surface area contributed by atoms with Crippen molar-refractivity contribution in [3.63, 3.8) is 0 Å². The molecule has 0 bridgehead atoms. The second kappa shape index (κ2) is 4.37. The summed E-state index contributed by atoms with van der Waals surface area (Å²) in [5.41, 5.74) is 0.780. The summed E-state index contributed by atoms with van der Waals surface area (Å²) < 4.78 is 0. The Morgan fingerprint density at radius 3 is 2.60 bits per heavy atom. The van der Waals surface area contributed by atoms with Crippen LogP contribution in [-0.2, 0) is 37.5 Å². The topological polar surface area (TPSA) is 37.3 Å². The first kappa shape index (κ1) is 10.5. The quantitative estimate of drug-likeness (QED) is 0.697. The molecule has 1 atom stereocenters. The minimum Gasteiger partial charge on any atom is -0.389 e. The van der Waals surface area contributed by atoms with E-state index in [0.29, 0.717) is 6.42 Å². The Hall–Kier alpha value is 0.474. The van der Waals surface area contributed by atoms with Gasteiger partial charge in [-0.2, -0.15) is 0 Å².